The van der Waals surface area contributed by atoms with Gasteiger partial charge in [0.15, 0.2) is 0 Å². The van der Waals surface area contributed by atoms with Crippen molar-refractivity contribution in [1.82, 2.24) is 9.80 Å². The summed E-state index contributed by atoms with van der Waals surface area (Å²) in [6.45, 7) is 7.65. The van der Waals surface area contributed by atoms with E-state index in [2.05, 4.69) is 18.9 Å². The average molecular weight is 431 g/mol. The van der Waals surface area contributed by atoms with Gasteiger partial charge in [0, 0.05) is 25.3 Å². The van der Waals surface area contributed by atoms with Crippen molar-refractivity contribution in [1.29, 1.82) is 0 Å². The first-order chi connectivity index (χ1) is 15.0. The second-order valence-corrected chi connectivity index (χ2v) is 9.51. The number of unbranched alkanes of at least 4 members (excludes halogenated alkanes) is 5. The molecule has 0 unspecified atom stereocenters. The second kappa shape index (κ2) is 14.6. The van der Waals surface area contributed by atoms with Gasteiger partial charge in [0.25, 0.3) is 5.91 Å². The Morgan fingerprint density at radius 1 is 0.968 bits per heavy atom. The average Bonchev–Trinajstić information content (AvgIpc) is 2.78. The molecule has 0 aliphatic heterocycles. The first kappa shape index (κ1) is 25.9. The molecular weight excluding hydrogens is 384 g/mol. The Morgan fingerprint density at radius 2 is 1.65 bits per heavy atom. The molecule has 0 aromatic heterocycles. The number of hydrogen-bond acceptors (Lipinski definition) is 3. The van der Waals surface area contributed by atoms with Gasteiger partial charge < -0.3 is 14.5 Å². The lowest BCUT2D eigenvalue weighted by molar-refractivity contribution is 0.00907. The fourth-order valence-corrected chi connectivity index (χ4v) is 4.58. The second-order valence-electron chi connectivity index (χ2n) is 9.51. The van der Waals surface area contributed by atoms with Crippen LogP contribution in [0.25, 0.3) is 0 Å². The molecule has 0 heterocycles. The molecular formula is C27H46N2O2. The van der Waals surface area contributed by atoms with Gasteiger partial charge in [0.2, 0.25) is 0 Å². The van der Waals surface area contributed by atoms with E-state index in [4.69, 9.17) is 4.74 Å². The van der Waals surface area contributed by atoms with Crippen molar-refractivity contribution in [3.8, 4) is 0 Å². The van der Waals surface area contributed by atoms with E-state index in [-0.39, 0.29) is 5.91 Å². The predicted molar refractivity (Wildman–Crippen MR) is 131 cm³/mol. The summed E-state index contributed by atoms with van der Waals surface area (Å²) in [5.41, 5.74) is 1.93. The Kier molecular flexibility index (Phi) is 12.2. The van der Waals surface area contributed by atoms with E-state index in [0.29, 0.717) is 12.1 Å². The number of benzene rings is 1. The topological polar surface area (TPSA) is 32.8 Å². The maximum atomic E-state index is 12.8. The molecule has 0 radical (unpaired) electrons. The number of carbonyl (C=O) groups is 1. The van der Waals surface area contributed by atoms with Crippen LogP contribution in [-0.4, -0.2) is 61.6 Å². The predicted octanol–water partition coefficient (Wildman–Crippen LogP) is 6.08. The van der Waals surface area contributed by atoms with Gasteiger partial charge >= 0.3 is 0 Å². The zero-order valence-electron chi connectivity index (χ0n) is 20.6. The molecule has 0 atom stereocenters. The lowest BCUT2D eigenvalue weighted by atomic mass is 9.91. The molecule has 0 N–H and O–H groups in total. The number of nitrogens with zero attached hydrogens (tertiary/aromatic N) is 2. The Morgan fingerprint density at radius 3 is 2.32 bits per heavy atom. The van der Waals surface area contributed by atoms with Crippen LogP contribution in [-0.2, 0) is 4.74 Å². The molecule has 176 valence electrons. The zero-order valence-corrected chi connectivity index (χ0v) is 20.6. The number of amides is 1. The van der Waals surface area contributed by atoms with Gasteiger partial charge in [-0.3, -0.25) is 4.79 Å². The van der Waals surface area contributed by atoms with E-state index in [9.17, 15) is 4.79 Å². The number of aryl methyl sites for hydroxylation is 1. The number of carbonyl (C=O) groups excluding carboxylic acids is 1. The molecule has 1 aromatic rings. The Bertz CT molecular complexity index is 625. The van der Waals surface area contributed by atoms with Crippen LogP contribution in [0.4, 0.5) is 0 Å². The van der Waals surface area contributed by atoms with Gasteiger partial charge in [-0.2, -0.15) is 0 Å². The molecule has 0 spiro atoms. The van der Waals surface area contributed by atoms with Crippen molar-refractivity contribution in [2.45, 2.75) is 96.6 Å². The van der Waals surface area contributed by atoms with E-state index in [1.165, 1.54) is 58.0 Å². The summed E-state index contributed by atoms with van der Waals surface area (Å²) >= 11 is 0. The normalized spacial score (nSPS) is 19.0. The van der Waals surface area contributed by atoms with Gasteiger partial charge in [-0.15, -0.1) is 0 Å². The summed E-state index contributed by atoms with van der Waals surface area (Å²) in [5.74, 6) is 0.143. The Balaban J connectivity index is 1.53. The van der Waals surface area contributed by atoms with Crippen molar-refractivity contribution in [3.63, 3.8) is 0 Å². The Labute approximate surface area is 191 Å². The first-order valence-electron chi connectivity index (χ1n) is 12.6. The van der Waals surface area contributed by atoms with Crippen molar-refractivity contribution < 1.29 is 9.53 Å². The number of hydrogen-bond donors (Lipinski definition) is 0. The van der Waals surface area contributed by atoms with Crippen molar-refractivity contribution >= 4 is 5.91 Å². The molecule has 1 aromatic carbocycles. The molecule has 1 aliphatic carbocycles. The van der Waals surface area contributed by atoms with Crippen LogP contribution in [0.3, 0.4) is 0 Å². The molecule has 1 aliphatic rings. The minimum Gasteiger partial charge on any atom is -0.378 e. The third kappa shape index (κ3) is 9.74. The fourth-order valence-electron chi connectivity index (χ4n) is 4.58. The first-order valence-corrected chi connectivity index (χ1v) is 12.6. The zero-order chi connectivity index (χ0) is 22.5. The van der Waals surface area contributed by atoms with Crippen LogP contribution in [0.2, 0.25) is 0 Å². The van der Waals surface area contributed by atoms with Gasteiger partial charge in [-0.05, 0) is 84.1 Å². The molecule has 2 rings (SSSR count). The fraction of sp³-hybridized carbons (Fsp3) is 0.741. The summed E-state index contributed by atoms with van der Waals surface area (Å²) in [7, 11) is 4.21. The maximum Gasteiger partial charge on any atom is 0.253 e. The highest BCUT2D eigenvalue weighted by atomic mass is 16.5. The number of ether oxygens (including phenoxy) is 1. The van der Waals surface area contributed by atoms with E-state index in [1.54, 1.807) is 0 Å². The standard InChI is InChI=1S/C27H46N2O2/c1-5-6-9-19-28(3)20-10-7-8-11-21-31-26-17-15-25(16-18-26)29(4)27(30)24-14-12-13-23(2)22-24/h12-14,22,25-26H,5-11,15-21H2,1-4H3. The van der Waals surface area contributed by atoms with Crippen LogP contribution in [0.15, 0.2) is 24.3 Å². The minimum absolute atomic E-state index is 0.143. The third-order valence-electron chi connectivity index (χ3n) is 6.71. The molecule has 1 fully saturated rings. The smallest absolute Gasteiger partial charge is 0.253 e. The highest BCUT2D eigenvalue weighted by Crippen LogP contribution is 2.26. The molecule has 0 bridgehead atoms. The van der Waals surface area contributed by atoms with E-state index >= 15 is 0 Å². The van der Waals surface area contributed by atoms with Crippen molar-refractivity contribution in [3.05, 3.63) is 35.4 Å². The lowest BCUT2D eigenvalue weighted by Gasteiger charge is -2.34. The van der Waals surface area contributed by atoms with Crippen LogP contribution in [0.5, 0.6) is 0 Å². The van der Waals surface area contributed by atoms with Crippen LogP contribution in [0.1, 0.15) is 93.5 Å². The molecule has 1 saturated carbocycles. The van der Waals surface area contributed by atoms with E-state index in [1.807, 2.05) is 43.1 Å². The number of rotatable bonds is 14. The molecule has 4 nitrogen and oxygen atoms in total. The molecule has 0 saturated heterocycles. The van der Waals surface area contributed by atoms with E-state index < -0.39 is 0 Å². The largest absolute Gasteiger partial charge is 0.378 e. The van der Waals surface area contributed by atoms with Crippen molar-refractivity contribution in [2.24, 2.45) is 0 Å². The van der Waals surface area contributed by atoms with Gasteiger partial charge in [0.05, 0.1) is 6.10 Å². The van der Waals surface area contributed by atoms with Crippen LogP contribution < -0.4 is 0 Å². The molecule has 4 heteroatoms. The van der Waals surface area contributed by atoms with Gasteiger partial charge in [0.1, 0.15) is 0 Å². The lowest BCUT2D eigenvalue weighted by Crippen LogP contribution is -2.40. The molecule has 1 amide bonds. The quantitative estimate of drug-likeness (QED) is 0.335. The van der Waals surface area contributed by atoms with Crippen LogP contribution >= 0.6 is 0 Å². The molecule has 31 heavy (non-hydrogen) atoms. The third-order valence-corrected chi connectivity index (χ3v) is 6.71. The van der Waals surface area contributed by atoms with E-state index in [0.717, 1.165) is 43.4 Å². The summed E-state index contributed by atoms with van der Waals surface area (Å²) in [6.07, 6.45) is 13.6. The van der Waals surface area contributed by atoms with Crippen LogP contribution in [0, 0.1) is 6.92 Å². The van der Waals surface area contributed by atoms with Gasteiger partial charge in [-0.25, -0.2) is 0 Å². The monoisotopic (exact) mass is 430 g/mol. The summed E-state index contributed by atoms with van der Waals surface area (Å²) in [6, 6.07) is 8.24. The summed E-state index contributed by atoms with van der Waals surface area (Å²) in [4.78, 5) is 17.2. The SMILES string of the molecule is CCCCCN(C)CCCCCCOC1CCC(N(C)C(=O)c2cccc(C)c2)CC1. The van der Waals surface area contributed by atoms with Gasteiger partial charge in [-0.1, -0.05) is 50.3 Å². The summed E-state index contributed by atoms with van der Waals surface area (Å²) < 4.78 is 6.15. The van der Waals surface area contributed by atoms with Crippen molar-refractivity contribution in [2.75, 3.05) is 33.8 Å². The Hall–Kier alpha value is -1.39. The highest BCUT2D eigenvalue weighted by Gasteiger charge is 2.27. The maximum absolute atomic E-state index is 12.8. The highest BCUT2D eigenvalue weighted by molar-refractivity contribution is 5.94. The summed E-state index contributed by atoms with van der Waals surface area (Å²) in [5, 5.41) is 0. The minimum atomic E-state index is 0.143.